The molecular weight excluding hydrogens is 1450 g/mol. The van der Waals surface area contributed by atoms with Crippen LogP contribution in [0.2, 0.25) is 0 Å². The van der Waals surface area contributed by atoms with Crippen LogP contribution in [0.5, 0.6) is 0 Å². The molecule has 17 nitrogen and oxygen atoms in total. The molecule has 7 atom stereocenters. The first-order valence-electron chi connectivity index (χ1n) is 47.8. The smallest absolute Gasteiger partial charge is 0.462 e. The molecule has 0 saturated carbocycles. The van der Waals surface area contributed by atoms with Gasteiger partial charge in [-0.1, -0.05) is 441 Å². The fourth-order valence-electron chi connectivity index (χ4n) is 14.5. The number of ether oxygens (including phenoxy) is 4. The molecule has 0 aliphatic heterocycles. The van der Waals surface area contributed by atoms with Crippen molar-refractivity contribution in [3.8, 4) is 0 Å². The summed E-state index contributed by atoms with van der Waals surface area (Å²) in [5, 5.41) is 10.7. The van der Waals surface area contributed by atoms with Crippen LogP contribution in [0.15, 0.2) is 0 Å². The predicted octanol–water partition coefficient (Wildman–Crippen LogP) is 28.7. The number of hydrogen-bond acceptors (Lipinski definition) is 15. The lowest BCUT2D eigenvalue weighted by molar-refractivity contribution is -0.161. The van der Waals surface area contributed by atoms with Gasteiger partial charge < -0.3 is 33.8 Å². The number of rotatable bonds is 90. The first-order chi connectivity index (χ1) is 54.2. The molecule has 4 unspecified atom stereocenters. The van der Waals surface area contributed by atoms with E-state index in [-0.39, 0.29) is 25.7 Å². The van der Waals surface area contributed by atoms with Crippen molar-refractivity contribution in [1.82, 2.24) is 0 Å². The number of carbonyl (C=O) groups excluding carboxylic acids is 4. The predicted molar refractivity (Wildman–Crippen MR) is 464 cm³/mol. The SMILES string of the molecule is CCC(C)CCCCCCCCCCCCCCCCCCCCC(=O)OC[C@H](COP(=O)(O)OC[C@@H](O)COP(=O)(O)OC[C@@H](COC(=O)CCCCCCCCCCC(C)C)OC(=O)CCCCCCCCCCCCCCCCC(C)C)OC(=O)CCCCCCCCCCCCCCCCCCCCC(C)CC. The van der Waals surface area contributed by atoms with Crippen LogP contribution >= 0.6 is 15.6 Å². The van der Waals surface area contributed by atoms with Crippen LogP contribution in [0, 0.1) is 23.7 Å². The van der Waals surface area contributed by atoms with Gasteiger partial charge in [0.15, 0.2) is 12.2 Å². The number of unbranched alkanes of at least 4 members (excludes halogenated alkanes) is 54. The van der Waals surface area contributed by atoms with E-state index in [4.69, 9.17) is 37.0 Å². The van der Waals surface area contributed by atoms with Crippen molar-refractivity contribution in [2.45, 2.75) is 510 Å². The van der Waals surface area contributed by atoms with E-state index in [0.29, 0.717) is 25.7 Å². The molecule has 0 spiro atoms. The fraction of sp³-hybridized carbons (Fsp3) is 0.957. The number of carbonyl (C=O) groups is 4. The molecule has 666 valence electrons. The summed E-state index contributed by atoms with van der Waals surface area (Å²) in [5.41, 5.74) is 0. The van der Waals surface area contributed by atoms with E-state index in [2.05, 4.69) is 55.4 Å². The lowest BCUT2D eigenvalue weighted by Gasteiger charge is -2.21. The average molecular weight is 1630 g/mol. The van der Waals surface area contributed by atoms with E-state index in [1.807, 2.05) is 0 Å². The van der Waals surface area contributed by atoms with Crippen molar-refractivity contribution in [3.05, 3.63) is 0 Å². The summed E-state index contributed by atoms with van der Waals surface area (Å²) in [6.07, 6.45) is 73.7. The molecule has 0 bridgehead atoms. The highest BCUT2D eigenvalue weighted by Gasteiger charge is 2.31. The molecule has 0 aromatic rings. The molecular formula is C93H182O17P2. The quantitative estimate of drug-likeness (QED) is 0.0222. The largest absolute Gasteiger partial charge is 0.472 e. The standard InChI is InChI=1S/C93H182O17P2/c1-9-85(7)71-63-55-47-38-32-26-19-15-11-13-17-21-28-34-40-49-57-65-73-90(95)103-79-88(109-92(97)75-67-59-51-41-35-29-22-18-14-12-16-20-27-33-39-48-56-64-72-86(8)10-2)81-107-111(99,100)105-77-87(94)78-106-112(101,102)108-82-89(80-104-91(96)74-66-58-50-44-43-46-54-62-70-84(5)6)110-93(98)76-68-60-52-42-36-30-24-23-25-31-37-45-53-61-69-83(3)4/h83-89,94H,9-82H2,1-8H3,(H,99,100)(H,101,102)/t85?,86?,87-,88-,89-/m1/s1. The third kappa shape index (κ3) is 83.1. The second-order valence-electron chi connectivity index (χ2n) is 34.8. The van der Waals surface area contributed by atoms with Gasteiger partial charge in [0.05, 0.1) is 26.4 Å². The van der Waals surface area contributed by atoms with Gasteiger partial charge in [0, 0.05) is 25.7 Å². The summed E-state index contributed by atoms with van der Waals surface area (Å²) < 4.78 is 69.1. The molecule has 0 aliphatic carbocycles. The van der Waals surface area contributed by atoms with Crippen molar-refractivity contribution in [3.63, 3.8) is 0 Å². The van der Waals surface area contributed by atoms with E-state index in [0.717, 1.165) is 114 Å². The molecule has 0 aliphatic rings. The Kier molecular flexibility index (Phi) is 80.0. The third-order valence-corrected chi connectivity index (χ3v) is 24.4. The molecule has 3 N–H and O–H groups in total. The molecule has 0 heterocycles. The lowest BCUT2D eigenvalue weighted by Crippen LogP contribution is -2.30. The van der Waals surface area contributed by atoms with Gasteiger partial charge in [-0.2, -0.15) is 0 Å². The summed E-state index contributed by atoms with van der Waals surface area (Å²) in [5.74, 6) is 1.17. The fourth-order valence-corrected chi connectivity index (χ4v) is 16.1. The zero-order chi connectivity index (χ0) is 82.3. The second kappa shape index (κ2) is 81.4. The Morgan fingerprint density at radius 3 is 0.634 bits per heavy atom. The van der Waals surface area contributed by atoms with E-state index in [9.17, 15) is 43.2 Å². The van der Waals surface area contributed by atoms with Gasteiger partial charge in [-0.15, -0.1) is 0 Å². The minimum absolute atomic E-state index is 0.107. The van der Waals surface area contributed by atoms with E-state index >= 15 is 0 Å². The normalized spacial score (nSPS) is 14.3. The summed E-state index contributed by atoms with van der Waals surface area (Å²) >= 11 is 0. The Hall–Kier alpha value is -1.94. The molecule has 0 aromatic heterocycles. The van der Waals surface area contributed by atoms with Gasteiger partial charge in [-0.05, 0) is 49.4 Å². The average Bonchev–Trinajstić information content (AvgIpc) is 0.897. The number of phosphoric acid groups is 2. The van der Waals surface area contributed by atoms with Crippen molar-refractivity contribution in [2.75, 3.05) is 39.6 Å². The zero-order valence-electron chi connectivity index (χ0n) is 74.3. The van der Waals surface area contributed by atoms with Crippen LogP contribution in [0.25, 0.3) is 0 Å². The highest BCUT2D eigenvalue weighted by Crippen LogP contribution is 2.45. The van der Waals surface area contributed by atoms with E-state index < -0.39 is 97.5 Å². The lowest BCUT2D eigenvalue weighted by atomic mass is 9.99. The van der Waals surface area contributed by atoms with Crippen LogP contribution < -0.4 is 0 Å². The van der Waals surface area contributed by atoms with Crippen molar-refractivity contribution in [2.24, 2.45) is 23.7 Å². The number of phosphoric ester groups is 2. The molecule has 112 heavy (non-hydrogen) atoms. The summed E-state index contributed by atoms with van der Waals surface area (Å²) in [6.45, 7) is 14.4. The van der Waals surface area contributed by atoms with Crippen LogP contribution in [-0.4, -0.2) is 96.7 Å². The molecule has 0 amide bonds. The van der Waals surface area contributed by atoms with E-state index in [1.165, 1.54) is 295 Å². The second-order valence-corrected chi connectivity index (χ2v) is 37.7. The Morgan fingerprint density at radius 2 is 0.429 bits per heavy atom. The summed E-state index contributed by atoms with van der Waals surface area (Å²) in [7, 11) is -9.94. The Labute approximate surface area is 689 Å². The molecule has 0 aromatic carbocycles. The topological polar surface area (TPSA) is 237 Å². The number of esters is 4. The van der Waals surface area contributed by atoms with Crippen molar-refractivity contribution < 1.29 is 80.2 Å². The summed E-state index contributed by atoms with van der Waals surface area (Å²) in [4.78, 5) is 73.5. The monoisotopic (exact) mass is 1630 g/mol. The first-order valence-corrected chi connectivity index (χ1v) is 50.8. The van der Waals surface area contributed by atoms with Gasteiger partial charge in [-0.3, -0.25) is 37.3 Å². The highest BCUT2D eigenvalue weighted by molar-refractivity contribution is 7.47. The summed E-state index contributed by atoms with van der Waals surface area (Å²) in [6, 6.07) is 0. The number of aliphatic hydroxyl groups is 1. The van der Waals surface area contributed by atoms with Gasteiger partial charge in [0.25, 0.3) is 0 Å². The number of aliphatic hydroxyl groups excluding tert-OH is 1. The number of hydrogen-bond donors (Lipinski definition) is 3. The molecule has 0 rings (SSSR count). The van der Waals surface area contributed by atoms with Gasteiger partial charge in [0.2, 0.25) is 0 Å². The van der Waals surface area contributed by atoms with Crippen LogP contribution in [0.4, 0.5) is 0 Å². The maximum atomic E-state index is 13.2. The zero-order valence-corrected chi connectivity index (χ0v) is 76.1. The minimum atomic E-state index is -4.97. The molecule has 0 saturated heterocycles. The van der Waals surface area contributed by atoms with Gasteiger partial charge >= 0.3 is 39.5 Å². The molecule has 0 fully saturated rings. The maximum Gasteiger partial charge on any atom is 0.472 e. The third-order valence-electron chi connectivity index (χ3n) is 22.5. The van der Waals surface area contributed by atoms with Gasteiger partial charge in [-0.25, -0.2) is 9.13 Å². The van der Waals surface area contributed by atoms with Crippen LogP contribution in [0.1, 0.15) is 492 Å². The Morgan fingerprint density at radius 1 is 0.250 bits per heavy atom. The van der Waals surface area contributed by atoms with Crippen molar-refractivity contribution in [1.29, 1.82) is 0 Å². The Balaban J connectivity index is 5.23. The maximum absolute atomic E-state index is 13.2. The Bertz CT molecular complexity index is 2170. The van der Waals surface area contributed by atoms with Crippen LogP contribution in [0.3, 0.4) is 0 Å². The molecule has 19 heteroatoms. The minimum Gasteiger partial charge on any atom is -0.462 e. The first kappa shape index (κ1) is 110. The highest BCUT2D eigenvalue weighted by atomic mass is 31.2. The van der Waals surface area contributed by atoms with Gasteiger partial charge in [0.1, 0.15) is 19.3 Å². The van der Waals surface area contributed by atoms with Crippen LogP contribution in [-0.2, 0) is 65.4 Å². The van der Waals surface area contributed by atoms with Crippen molar-refractivity contribution >= 4 is 39.5 Å². The van der Waals surface area contributed by atoms with E-state index in [1.54, 1.807) is 0 Å². The molecule has 0 radical (unpaired) electrons.